The van der Waals surface area contributed by atoms with Gasteiger partial charge < -0.3 is 9.80 Å². The zero-order chi connectivity index (χ0) is 23.3. The second kappa shape index (κ2) is 6.17. The maximum atomic E-state index is 9.63. The molecule has 2 aliphatic heterocycles. The maximum absolute atomic E-state index is 9.63. The third kappa shape index (κ3) is 2.48. The number of benzene rings is 2. The topological polar surface area (TPSA) is 43.2 Å². The van der Waals surface area contributed by atoms with Gasteiger partial charge in [0.05, 0.1) is 5.69 Å². The summed E-state index contributed by atoms with van der Waals surface area (Å²) in [6.07, 6.45) is 1.24. The van der Waals surface area contributed by atoms with E-state index in [9.17, 15) is 5.26 Å². The van der Waals surface area contributed by atoms with E-state index in [1.54, 1.807) is 0 Å². The van der Waals surface area contributed by atoms with E-state index >= 15 is 0 Å². The molecule has 0 radical (unpaired) electrons. The highest BCUT2D eigenvalue weighted by Crippen LogP contribution is 2.75. The Bertz CT molecular complexity index is 1360. The lowest BCUT2D eigenvalue weighted by atomic mass is 9.78. The molecule has 0 spiro atoms. The van der Waals surface area contributed by atoms with E-state index in [0.717, 1.165) is 17.9 Å². The number of rotatable bonds is 1. The molecule has 0 bridgehead atoms. The van der Waals surface area contributed by atoms with Gasteiger partial charge in [0.1, 0.15) is 17.9 Å². The predicted octanol–water partition coefficient (Wildman–Crippen LogP) is 6.86. The van der Waals surface area contributed by atoms with Crippen molar-refractivity contribution in [3.63, 3.8) is 0 Å². The van der Waals surface area contributed by atoms with Crippen molar-refractivity contribution in [1.82, 2.24) is 4.98 Å². The van der Waals surface area contributed by atoms with E-state index in [1.807, 2.05) is 6.07 Å². The van der Waals surface area contributed by atoms with Crippen molar-refractivity contribution in [2.45, 2.75) is 65.0 Å². The number of hydrogen-bond acceptors (Lipinski definition) is 4. The molecule has 3 atom stereocenters. The van der Waals surface area contributed by atoms with Crippen molar-refractivity contribution in [2.75, 3.05) is 9.80 Å². The van der Waals surface area contributed by atoms with E-state index < -0.39 is 0 Å². The fourth-order valence-corrected chi connectivity index (χ4v) is 6.28. The third-order valence-electron chi connectivity index (χ3n) is 8.46. The van der Waals surface area contributed by atoms with Crippen molar-refractivity contribution >= 4 is 22.9 Å². The summed E-state index contributed by atoms with van der Waals surface area (Å²) in [7, 11) is 0. The molecule has 6 rings (SSSR count). The Hall–Kier alpha value is -3.32. The van der Waals surface area contributed by atoms with Crippen LogP contribution in [0.5, 0.6) is 0 Å². The molecule has 3 aromatic rings. The summed E-state index contributed by atoms with van der Waals surface area (Å²) in [6.45, 7) is 13.8. The van der Waals surface area contributed by atoms with Crippen LogP contribution in [0.25, 0.3) is 0 Å². The summed E-state index contributed by atoms with van der Waals surface area (Å²) >= 11 is 0. The van der Waals surface area contributed by atoms with Gasteiger partial charge in [-0.15, -0.1) is 0 Å². The number of para-hydroxylation sites is 1. The molecular weight excluding hydrogens is 404 g/mol. The van der Waals surface area contributed by atoms with E-state index in [0.29, 0.717) is 5.69 Å². The Balaban J connectivity index is 1.67. The standard InChI is InChI=1S/C29H30N4/c1-18-9-7-8-10-22(18)33-25-23(14-12-20(16-30)31-25)32-24-15-19(27(2,3)4)11-13-21(24)28(5)17-29(28,6)26(32)33/h7-15,26H,17H2,1-6H3. The highest BCUT2D eigenvalue weighted by Gasteiger charge is 2.73. The van der Waals surface area contributed by atoms with Gasteiger partial charge in [-0.3, -0.25) is 0 Å². The van der Waals surface area contributed by atoms with E-state index in [-0.39, 0.29) is 22.4 Å². The Morgan fingerprint density at radius 1 is 0.970 bits per heavy atom. The minimum atomic E-state index is 0.0664. The van der Waals surface area contributed by atoms with Crippen LogP contribution in [0.3, 0.4) is 0 Å². The molecule has 1 aromatic heterocycles. The molecule has 3 unspecified atom stereocenters. The highest BCUT2D eigenvalue weighted by atomic mass is 15.5. The van der Waals surface area contributed by atoms with Gasteiger partial charge in [0.25, 0.3) is 0 Å². The van der Waals surface area contributed by atoms with Crippen molar-refractivity contribution in [1.29, 1.82) is 5.26 Å². The smallest absolute Gasteiger partial charge is 0.160 e. The van der Waals surface area contributed by atoms with Gasteiger partial charge in [-0.1, -0.05) is 65.0 Å². The fraction of sp³-hybridized carbons (Fsp3) is 0.379. The van der Waals surface area contributed by atoms with Crippen LogP contribution in [0.1, 0.15) is 63.4 Å². The maximum Gasteiger partial charge on any atom is 0.160 e. The van der Waals surface area contributed by atoms with Crippen molar-refractivity contribution in [3.05, 3.63) is 77.0 Å². The normalized spacial score (nSPS) is 26.8. The fourth-order valence-electron chi connectivity index (χ4n) is 6.28. The second-order valence-electron chi connectivity index (χ2n) is 11.5. The van der Waals surface area contributed by atoms with Crippen LogP contribution in [0, 0.1) is 23.7 Å². The number of fused-ring (bicyclic) bond motifs is 8. The Morgan fingerprint density at radius 3 is 2.42 bits per heavy atom. The van der Waals surface area contributed by atoms with Gasteiger partial charge in [0.2, 0.25) is 0 Å². The zero-order valence-electron chi connectivity index (χ0n) is 20.3. The molecule has 1 saturated carbocycles. The molecule has 2 aromatic carbocycles. The van der Waals surface area contributed by atoms with Crippen LogP contribution in [0.2, 0.25) is 0 Å². The average molecular weight is 435 g/mol. The second-order valence-corrected chi connectivity index (χ2v) is 11.5. The van der Waals surface area contributed by atoms with Crippen molar-refractivity contribution in [3.8, 4) is 6.07 Å². The van der Waals surface area contributed by atoms with Gasteiger partial charge in [-0.25, -0.2) is 4.98 Å². The number of nitriles is 1. The number of nitrogens with zero attached hydrogens (tertiary/aromatic N) is 4. The minimum absolute atomic E-state index is 0.0664. The molecule has 0 amide bonds. The highest BCUT2D eigenvalue weighted by molar-refractivity contribution is 5.91. The van der Waals surface area contributed by atoms with Crippen LogP contribution in [0.15, 0.2) is 54.6 Å². The third-order valence-corrected chi connectivity index (χ3v) is 8.46. The van der Waals surface area contributed by atoms with Gasteiger partial charge in [0.15, 0.2) is 5.82 Å². The molecule has 4 nitrogen and oxygen atoms in total. The van der Waals surface area contributed by atoms with Crippen LogP contribution < -0.4 is 9.80 Å². The summed E-state index contributed by atoms with van der Waals surface area (Å²) < 4.78 is 0. The molecule has 33 heavy (non-hydrogen) atoms. The summed E-state index contributed by atoms with van der Waals surface area (Å²) in [5.74, 6) is 0.887. The summed E-state index contributed by atoms with van der Waals surface area (Å²) in [4.78, 5) is 9.78. The summed E-state index contributed by atoms with van der Waals surface area (Å²) in [6, 6.07) is 21.8. The number of hydrogen-bond donors (Lipinski definition) is 0. The number of anilines is 4. The summed E-state index contributed by atoms with van der Waals surface area (Å²) in [5, 5.41) is 9.63. The number of aryl methyl sites for hydroxylation is 1. The molecule has 1 aliphatic carbocycles. The Labute approximate surface area is 196 Å². The van der Waals surface area contributed by atoms with Crippen LogP contribution >= 0.6 is 0 Å². The van der Waals surface area contributed by atoms with Crippen molar-refractivity contribution in [2.24, 2.45) is 5.41 Å². The number of aromatic nitrogens is 1. The lowest BCUT2D eigenvalue weighted by molar-refractivity contribution is 0.371. The van der Waals surface area contributed by atoms with Crippen LogP contribution in [-0.4, -0.2) is 11.1 Å². The molecule has 166 valence electrons. The molecule has 1 fully saturated rings. The van der Waals surface area contributed by atoms with Crippen LogP contribution in [-0.2, 0) is 10.8 Å². The SMILES string of the molecule is Cc1ccccc1N1c2nc(C#N)ccc2N2c3cc(C(C)(C)C)ccc3C3(C)CC3(C)C21. The minimum Gasteiger partial charge on any atom is -0.316 e. The average Bonchev–Trinajstić information content (AvgIpc) is 3.21. The molecule has 3 aliphatic rings. The van der Waals surface area contributed by atoms with Gasteiger partial charge in [0, 0.05) is 22.2 Å². The van der Waals surface area contributed by atoms with E-state index in [4.69, 9.17) is 4.98 Å². The first-order valence-electron chi connectivity index (χ1n) is 11.8. The Kier molecular flexibility index (Phi) is 3.79. The summed E-state index contributed by atoms with van der Waals surface area (Å²) in [5.41, 5.74) is 8.23. The molecular formula is C29H30N4. The van der Waals surface area contributed by atoms with Crippen molar-refractivity contribution < 1.29 is 0 Å². The van der Waals surface area contributed by atoms with E-state index in [1.165, 1.54) is 28.1 Å². The first-order valence-corrected chi connectivity index (χ1v) is 11.8. The largest absolute Gasteiger partial charge is 0.316 e. The predicted molar refractivity (Wildman–Crippen MR) is 133 cm³/mol. The van der Waals surface area contributed by atoms with Gasteiger partial charge >= 0.3 is 0 Å². The molecule has 0 N–H and O–H groups in total. The van der Waals surface area contributed by atoms with Gasteiger partial charge in [-0.05, 0) is 59.7 Å². The monoisotopic (exact) mass is 434 g/mol. The molecule has 3 heterocycles. The lowest BCUT2D eigenvalue weighted by Gasteiger charge is -2.45. The quantitative estimate of drug-likeness (QED) is 0.420. The Morgan fingerprint density at radius 2 is 1.73 bits per heavy atom. The first-order chi connectivity index (χ1) is 15.6. The first kappa shape index (κ1) is 20.3. The lowest BCUT2D eigenvalue weighted by Crippen LogP contribution is -2.50. The molecule has 0 saturated heterocycles. The zero-order valence-corrected chi connectivity index (χ0v) is 20.3. The number of pyridine rings is 1. The molecule has 4 heteroatoms. The van der Waals surface area contributed by atoms with Gasteiger partial charge in [-0.2, -0.15) is 5.26 Å². The van der Waals surface area contributed by atoms with E-state index in [2.05, 4.69) is 106 Å². The van der Waals surface area contributed by atoms with Crippen LogP contribution in [0.4, 0.5) is 22.9 Å².